The molecule has 1 aliphatic rings. The minimum atomic E-state index is -0.540. The highest BCUT2D eigenvalue weighted by Gasteiger charge is 2.23. The number of anilines is 2. The van der Waals surface area contributed by atoms with E-state index >= 15 is 0 Å². The Labute approximate surface area is 193 Å². The van der Waals surface area contributed by atoms with E-state index in [1.165, 1.54) is 35.1 Å². The summed E-state index contributed by atoms with van der Waals surface area (Å²) in [6.45, 7) is 2.60. The molecule has 0 fully saturated rings. The number of fused-ring (bicyclic) bond motifs is 2. The van der Waals surface area contributed by atoms with Gasteiger partial charge in [0.25, 0.3) is 5.91 Å². The van der Waals surface area contributed by atoms with Crippen molar-refractivity contribution in [3.63, 3.8) is 0 Å². The first kappa shape index (κ1) is 20.9. The first-order chi connectivity index (χ1) is 15.5. The first-order valence-corrected chi connectivity index (χ1v) is 11.4. The molecule has 5 nitrogen and oxygen atoms in total. The Bertz CT molecular complexity index is 1320. The van der Waals surface area contributed by atoms with Crippen molar-refractivity contribution < 1.29 is 9.18 Å². The van der Waals surface area contributed by atoms with Crippen LogP contribution in [-0.2, 0) is 19.5 Å². The molecule has 0 atom stereocenters. The lowest BCUT2D eigenvalue weighted by atomic mass is 10.0. The standard InChI is InChI=1S/C24H20ClFN4OS/c25-18-11-16(6-7-19(18)26)28-23(31)22-21(27)17-10-15-13-30(12-14-4-2-1-3-5-14)9-8-20(15)29-24(17)32-22/h1-7,10-11H,8-9,12-13,27H2,(H,28,31). The summed E-state index contributed by atoms with van der Waals surface area (Å²) in [6, 6.07) is 16.5. The summed E-state index contributed by atoms with van der Waals surface area (Å²) < 4.78 is 13.4. The van der Waals surface area contributed by atoms with E-state index in [0.717, 1.165) is 47.5 Å². The van der Waals surface area contributed by atoms with Crippen LogP contribution >= 0.6 is 22.9 Å². The number of carbonyl (C=O) groups excluding carboxylic acids is 1. The highest BCUT2D eigenvalue weighted by Crippen LogP contribution is 2.35. The van der Waals surface area contributed by atoms with Crippen molar-refractivity contribution in [1.29, 1.82) is 0 Å². The monoisotopic (exact) mass is 466 g/mol. The second-order valence-corrected chi connectivity index (χ2v) is 9.23. The molecule has 0 aliphatic carbocycles. The molecule has 4 aromatic rings. The molecule has 3 heterocycles. The van der Waals surface area contributed by atoms with E-state index in [1.807, 2.05) is 6.07 Å². The van der Waals surface area contributed by atoms with Gasteiger partial charge in [-0.15, -0.1) is 11.3 Å². The largest absolute Gasteiger partial charge is 0.397 e. The molecular weight excluding hydrogens is 447 g/mol. The summed E-state index contributed by atoms with van der Waals surface area (Å²) >= 11 is 7.08. The van der Waals surface area contributed by atoms with Crippen LogP contribution in [0.4, 0.5) is 15.8 Å². The van der Waals surface area contributed by atoms with E-state index < -0.39 is 5.82 Å². The number of benzene rings is 2. The molecule has 32 heavy (non-hydrogen) atoms. The van der Waals surface area contributed by atoms with E-state index in [2.05, 4.69) is 40.5 Å². The molecule has 0 unspecified atom stereocenters. The highest BCUT2D eigenvalue weighted by atomic mass is 35.5. The van der Waals surface area contributed by atoms with Crippen LogP contribution < -0.4 is 11.1 Å². The maximum Gasteiger partial charge on any atom is 0.267 e. The fourth-order valence-electron chi connectivity index (χ4n) is 3.96. The van der Waals surface area contributed by atoms with Crippen molar-refractivity contribution in [1.82, 2.24) is 9.88 Å². The predicted octanol–water partition coefficient (Wildman–Crippen LogP) is 5.48. The average Bonchev–Trinajstić information content (AvgIpc) is 3.11. The molecule has 0 radical (unpaired) electrons. The topological polar surface area (TPSA) is 71.2 Å². The van der Waals surface area contributed by atoms with Gasteiger partial charge in [0.2, 0.25) is 0 Å². The van der Waals surface area contributed by atoms with Gasteiger partial charge >= 0.3 is 0 Å². The number of nitrogens with zero attached hydrogens (tertiary/aromatic N) is 2. The molecule has 8 heteroatoms. The van der Waals surface area contributed by atoms with Crippen LogP contribution in [0.15, 0.2) is 54.6 Å². The highest BCUT2D eigenvalue weighted by molar-refractivity contribution is 7.21. The fourth-order valence-corrected chi connectivity index (χ4v) is 5.14. The summed E-state index contributed by atoms with van der Waals surface area (Å²) in [5.41, 5.74) is 10.6. The third-order valence-electron chi connectivity index (χ3n) is 5.58. The molecule has 162 valence electrons. The van der Waals surface area contributed by atoms with Crippen molar-refractivity contribution >= 4 is 50.4 Å². The number of carbonyl (C=O) groups is 1. The van der Waals surface area contributed by atoms with E-state index in [0.29, 0.717) is 16.3 Å². The second-order valence-electron chi connectivity index (χ2n) is 7.82. The Hall–Kier alpha value is -3.00. The van der Waals surface area contributed by atoms with Crippen LogP contribution in [0.25, 0.3) is 10.2 Å². The Morgan fingerprint density at radius 1 is 1.22 bits per heavy atom. The maximum atomic E-state index is 13.4. The third kappa shape index (κ3) is 4.07. The maximum absolute atomic E-state index is 13.4. The smallest absolute Gasteiger partial charge is 0.267 e. The van der Waals surface area contributed by atoms with Gasteiger partial charge in [-0.3, -0.25) is 9.69 Å². The van der Waals surface area contributed by atoms with Gasteiger partial charge in [-0.25, -0.2) is 9.37 Å². The molecular formula is C24H20ClFN4OS. The number of hydrogen-bond acceptors (Lipinski definition) is 5. The van der Waals surface area contributed by atoms with Gasteiger partial charge in [0.1, 0.15) is 15.5 Å². The minimum absolute atomic E-state index is 0.0542. The molecule has 0 saturated carbocycles. The summed E-state index contributed by atoms with van der Waals surface area (Å²) in [5, 5.41) is 3.47. The van der Waals surface area contributed by atoms with Gasteiger partial charge in [0, 0.05) is 42.8 Å². The zero-order valence-electron chi connectivity index (χ0n) is 17.1. The molecule has 0 bridgehead atoms. The second kappa shape index (κ2) is 8.50. The third-order valence-corrected chi connectivity index (χ3v) is 6.98. The molecule has 2 aromatic carbocycles. The minimum Gasteiger partial charge on any atom is -0.397 e. The lowest BCUT2D eigenvalue weighted by Gasteiger charge is -2.28. The fraction of sp³-hybridized carbons (Fsp3) is 0.167. The van der Waals surface area contributed by atoms with Gasteiger partial charge in [-0.1, -0.05) is 41.9 Å². The SMILES string of the molecule is Nc1c(C(=O)Nc2ccc(F)c(Cl)c2)sc2nc3c(cc12)CN(Cc1ccccc1)CC3. The lowest BCUT2D eigenvalue weighted by Crippen LogP contribution is -2.30. The number of amides is 1. The van der Waals surface area contributed by atoms with Crippen LogP contribution in [0.2, 0.25) is 5.02 Å². The molecule has 2 aromatic heterocycles. The number of nitrogens with two attached hydrogens (primary N) is 1. The molecule has 0 saturated heterocycles. The normalized spacial score (nSPS) is 13.8. The lowest BCUT2D eigenvalue weighted by molar-refractivity contribution is 0.103. The van der Waals surface area contributed by atoms with Crippen molar-refractivity contribution in [2.75, 3.05) is 17.6 Å². The molecule has 1 aliphatic heterocycles. The number of nitrogens with one attached hydrogen (secondary N) is 1. The summed E-state index contributed by atoms with van der Waals surface area (Å²) in [7, 11) is 0. The molecule has 0 spiro atoms. The molecule has 3 N–H and O–H groups in total. The number of halogens is 2. The zero-order chi connectivity index (χ0) is 22.2. The van der Waals surface area contributed by atoms with Gasteiger partial charge in [-0.2, -0.15) is 0 Å². The van der Waals surface area contributed by atoms with Crippen LogP contribution in [0.3, 0.4) is 0 Å². The Kier molecular flexibility index (Phi) is 5.55. The van der Waals surface area contributed by atoms with E-state index in [9.17, 15) is 9.18 Å². The first-order valence-electron chi connectivity index (χ1n) is 10.2. The van der Waals surface area contributed by atoms with E-state index in [1.54, 1.807) is 0 Å². The zero-order valence-corrected chi connectivity index (χ0v) is 18.6. The van der Waals surface area contributed by atoms with Crippen LogP contribution in [0.1, 0.15) is 26.5 Å². The quantitative estimate of drug-likeness (QED) is 0.417. The van der Waals surface area contributed by atoms with Gasteiger partial charge in [-0.05, 0) is 35.4 Å². The Morgan fingerprint density at radius 3 is 2.81 bits per heavy atom. The van der Waals surface area contributed by atoms with E-state index in [4.69, 9.17) is 22.3 Å². The van der Waals surface area contributed by atoms with Crippen LogP contribution in [-0.4, -0.2) is 22.3 Å². The van der Waals surface area contributed by atoms with Crippen molar-refractivity contribution in [2.24, 2.45) is 0 Å². The number of rotatable bonds is 4. The molecule has 5 rings (SSSR count). The predicted molar refractivity (Wildman–Crippen MR) is 128 cm³/mol. The Balaban J connectivity index is 1.39. The summed E-state index contributed by atoms with van der Waals surface area (Å²) in [4.78, 5) is 21.2. The van der Waals surface area contributed by atoms with Gasteiger partial charge in [0.15, 0.2) is 0 Å². The number of nitrogen functional groups attached to an aromatic ring is 1. The summed E-state index contributed by atoms with van der Waals surface area (Å²) in [6.07, 6.45) is 0.853. The van der Waals surface area contributed by atoms with Crippen molar-refractivity contribution in [3.05, 3.63) is 87.1 Å². The summed E-state index contributed by atoms with van der Waals surface area (Å²) in [5.74, 6) is -0.904. The van der Waals surface area contributed by atoms with Gasteiger partial charge in [0.05, 0.1) is 10.7 Å². The van der Waals surface area contributed by atoms with Crippen molar-refractivity contribution in [3.8, 4) is 0 Å². The number of hydrogen-bond donors (Lipinski definition) is 2. The number of thiophene rings is 1. The van der Waals surface area contributed by atoms with Crippen LogP contribution in [0, 0.1) is 5.82 Å². The van der Waals surface area contributed by atoms with Gasteiger partial charge < -0.3 is 11.1 Å². The van der Waals surface area contributed by atoms with Crippen LogP contribution in [0.5, 0.6) is 0 Å². The molecule has 1 amide bonds. The number of aromatic nitrogens is 1. The number of pyridine rings is 1. The van der Waals surface area contributed by atoms with Crippen molar-refractivity contribution in [2.45, 2.75) is 19.5 Å². The average molecular weight is 467 g/mol. The van der Waals surface area contributed by atoms with E-state index in [-0.39, 0.29) is 10.9 Å². The Morgan fingerprint density at radius 2 is 2.03 bits per heavy atom.